The first kappa shape index (κ1) is 30.1. The van der Waals surface area contributed by atoms with E-state index in [2.05, 4.69) is 34.9 Å². The molecule has 212 valence electrons. The van der Waals surface area contributed by atoms with E-state index >= 15 is 0 Å². The first-order chi connectivity index (χ1) is 20.2. The molecular weight excluding hydrogens is 514 g/mol. The van der Waals surface area contributed by atoms with Crippen molar-refractivity contribution in [1.29, 1.82) is 0 Å². The summed E-state index contributed by atoms with van der Waals surface area (Å²) in [7, 11) is 4.18. The van der Waals surface area contributed by atoms with E-state index in [1.807, 2.05) is 84.9 Å². The summed E-state index contributed by atoms with van der Waals surface area (Å²) in [4.78, 5) is 0. The van der Waals surface area contributed by atoms with Crippen LogP contribution in [0, 0.1) is 0 Å². The molecule has 7 nitrogen and oxygen atoms in total. The Hall–Kier alpha value is -3.91. The van der Waals surface area contributed by atoms with Gasteiger partial charge in [0, 0.05) is 37.7 Å². The van der Waals surface area contributed by atoms with Crippen molar-refractivity contribution in [2.75, 3.05) is 51.2 Å². The Labute approximate surface area is 244 Å². The van der Waals surface area contributed by atoms with E-state index in [0.29, 0.717) is 41.3 Å². The molecule has 0 saturated carbocycles. The Kier molecular flexibility index (Phi) is 12.5. The summed E-state index contributed by atoms with van der Waals surface area (Å²) in [5.41, 5.74) is 4.18. The maximum Gasteiger partial charge on any atom is 0.309 e. The van der Waals surface area contributed by atoms with Gasteiger partial charge in [-0.3, -0.25) is 0 Å². The van der Waals surface area contributed by atoms with Gasteiger partial charge in [0.25, 0.3) is 0 Å². The second-order valence-corrected chi connectivity index (χ2v) is 9.40. The molecule has 0 aromatic heterocycles. The number of benzene rings is 4. The van der Waals surface area contributed by atoms with E-state index in [9.17, 15) is 0 Å². The maximum absolute atomic E-state index is 6.68. The average molecular weight is 552 g/mol. The van der Waals surface area contributed by atoms with Crippen molar-refractivity contribution >= 4 is 26.3 Å². The molecule has 0 amide bonds. The number of methoxy groups -OCH3 is 2. The molecule has 2 N–H and O–H groups in total. The summed E-state index contributed by atoms with van der Waals surface area (Å²) in [5.74, 6) is 1.67. The number of hydrogen-bond acceptors (Lipinski definition) is 7. The lowest BCUT2D eigenvalue weighted by Crippen LogP contribution is -2.25. The van der Waals surface area contributed by atoms with Crippen LogP contribution in [-0.2, 0) is 14.0 Å². The highest BCUT2D eigenvalue weighted by molar-refractivity contribution is 6.31. The summed E-state index contributed by atoms with van der Waals surface area (Å²) >= 11 is 0. The van der Waals surface area contributed by atoms with Crippen LogP contribution in [0.25, 0.3) is 0 Å². The molecule has 0 spiro atoms. The minimum Gasteiger partial charge on any atom is -0.497 e. The molecule has 4 rings (SSSR count). The van der Waals surface area contributed by atoms with Crippen molar-refractivity contribution in [3.63, 3.8) is 0 Å². The molecule has 4 aromatic carbocycles. The lowest BCUT2D eigenvalue weighted by atomic mass is 9.80. The topological polar surface area (TPSA) is 70.2 Å². The summed E-state index contributed by atoms with van der Waals surface area (Å²) in [5, 5.41) is 6.76. The lowest BCUT2D eigenvalue weighted by molar-refractivity contribution is 0.0569. The highest BCUT2D eigenvalue weighted by Gasteiger charge is 2.23. The molecule has 0 saturated heterocycles. The monoisotopic (exact) mass is 552 g/mol. The first-order valence-electron chi connectivity index (χ1n) is 13.9. The van der Waals surface area contributed by atoms with Crippen LogP contribution >= 0.6 is 0 Å². The van der Waals surface area contributed by atoms with Gasteiger partial charge in [-0.2, -0.15) is 0 Å². The Morgan fingerprint density at radius 3 is 1.29 bits per heavy atom. The van der Waals surface area contributed by atoms with Crippen LogP contribution in [0.3, 0.4) is 0 Å². The molecule has 2 unspecified atom stereocenters. The number of ether oxygens (including phenoxy) is 3. The fraction of sp³-hybridized carbons (Fsp3) is 0.250. The van der Waals surface area contributed by atoms with E-state index < -0.39 is 0 Å². The fourth-order valence-electron chi connectivity index (χ4n) is 4.30. The highest BCUT2D eigenvalue weighted by atomic mass is 16.5. The Morgan fingerprint density at radius 2 is 0.927 bits per heavy atom. The van der Waals surface area contributed by atoms with E-state index in [1.165, 1.54) is 0 Å². The Morgan fingerprint density at radius 1 is 0.537 bits per heavy atom. The molecule has 4 aromatic rings. The molecule has 41 heavy (non-hydrogen) atoms. The smallest absolute Gasteiger partial charge is 0.309 e. The predicted octanol–water partition coefficient (Wildman–Crippen LogP) is 5.38. The zero-order chi connectivity index (χ0) is 28.5. The third-order valence-corrected chi connectivity index (χ3v) is 6.54. The molecule has 9 heteroatoms. The zero-order valence-electron chi connectivity index (χ0n) is 23.8. The number of anilines is 2. The predicted molar refractivity (Wildman–Crippen MR) is 169 cm³/mol. The van der Waals surface area contributed by atoms with Gasteiger partial charge in [0.15, 0.2) is 0 Å². The van der Waals surface area contributed by atoms with Crippen LogP contribution in [0.15, 0.2) is 109 Å². The molecule has 0 aliphatic heterocycles. The van der Waals surface area contributed by atoms with Crippen LogP contribution in [0.2, 0.25) is 0 Å². The summed E-state index contributed by atoms with van der Waals surface area (Å²) in [6.45, 7) is 2.45. The van der Waals surface area contributed by atoms with Crippen LogP contribution < -0.4 is 20.1 Å². The second kappa shape index (κ2) is 17.0. The first-order valence-corrected chi connectivity index (χ1v) is 13.9. The Balaban J connectivity index is 1.30. The normalized spacial score (nSPS) is 12.1. The number of nitrogens with one attached hydrogen (secondary N) is 2. The van der Waals surface area contributed by atoms with Gasteiger partial charge < -0.3 is 34.2 Å². The third-order valence-electron chi connectivity index (χ3n) is 6.54. The van der Waals surface area contributed by atoms with Crippen molar-refractivity contribution in [2.24, 2.45) is 0 Å². The molecule has 0 radical (unpaired) electrons. The van der Waals surface area contributed by atoms with Crippen molar-refractivity contribution in [3.8, 4) is 11.5 Å². The van der Waals surface area contributed by atoms with Gasteiger partial charge in [-0.1, -0.05) is 60.7 Å². The Bertz CT molecular complexity index is 1150. The molecular formula is C32H38B2N2O5. The van der Waals surface area contributed by atoms with Crippen LogP contribution in [-0.4, -0.2) is 55.5 Å². The summed E-state index contributed by atoms with van der Waals surface area (Å²) in [6.07, 6.45) is 0. The average Bonchev–Trinajstić information content (AvgIpc) is 3.04. The van der Waals surface area contributed by atoms with Gasteiger partial charge in [0.2, 0.25) is 0 Å². The van der Waals surface area contributed by atoms with E-state index in [1.54, 1.807) is 14.2 Å². The van der Waals surface area contributed by atoms with Gasteiger partial charge in [0.05, 0.1) is 26.2 Å². The van der Waals surface area contributed by atoms with Gasteiger partial charge in [-0.05, 0) is 59.7 Å². The SMILES string of the molecule is COc1ccc(NCCOBC(OC(BOCCNc2ccc(OC)cc2)c2ccccc2)c2ccccc2)cc1. The number of rotatable bonds is 18. The van der Waals surface area contributed by atoms with Crippen molar-refractivity contribution in [3.05, 3.63) is 120 Å². The largest absolute Gasteiger partial charge is 0.497 e. The van der Waals surface area contributed by atoms with Crippen LogP contribution in [0.4, 0.5) is 11.4 Å². The quantitative estimate of drug-likeness (QED) is 0.127. The molecule has 0 aliphatic rings. The second-order valence-electron chi connectivity index (χ2n) is 9.40. The molecule has 2 atom stereocenters. The van der Waals surface area contributed by atoms with Gasteiger partial charge in [0.1, 0.15) is 11.5 Å². The zero-order valence-corrected chi connectivity index (χ0v) is 23.8. The maximum atomic E-state index is 6.68. The van der Waals surface area contributed by atoms with Gasteiger partial charge in [-0.25, -0.2) is 0 Å². The molecule has 0 aliphatic carbocycles. The third kappa shape index (κ3) is 10.2. The molecule has 0 heterocycles. The van der Waals surface area contributed by atoms with Gasteiger partial charge in [-0.15, -0.1) is 0 Å². The molecule has 0 fully saturated rings. The summed E-state index contributed by atoms with van der Waals surface area (Å²) < 4.78 is 29.3. The number of hydrogen-bond donors (Lipinski definition) is 2. The fourth-order valence-corrected chi connectivity index (χ4v) is 4.30. The van der Waals surface area contributed by atoms with Gasteiger partial charge >= 0.3 is 15.0 Å². The van der Waals surface area contributed by atoms with E-state index in [-0.39, 0.29) is 12.0 Å². The van der Waals surface area contributed by atoms with Crippen LogP contribution in [0.5, 0.6) is 11.5 Å². The van der Waals surface area contributed by atoms with E-state index in [0.717, 1.165) is 34.0 Å². The minimum atomic E-state index is -0.247. The minimum absolute atomic E-state index is 0.247. The molecule has 0 bridgehead atoms. The van der Waals surface area contributed by atoms with E-state index in [4.69, 9.17) is 23.5 Å². The van der Waals surface area contributed by atoms with Crippen molar-refractivity contribution in [1.82, 2.24) is 0 Å². The van der Waals surface area contributed by atoms with Crippen LogP contribution in [0.1, 0.15) is 23.1 Å². The summed E-state index contributed by atoms with van der Waals surface area (Å²) in [6, 6.07) is 35.6. The highest BCUT2D eigenvalue weighted by Crippen LogP contribution is 2.26. The van der Waals surface area contributed by atoms with Crippen molar-refractivity contribution in [2.45, 2.75) is 12.0 Å². The standard InChI is InChI=1S/C32H38B2N2O5/c1-37-29-17-13-27(14-18-29)35-21-23-39-33-31(25-9-5-3-6-10-25)41-32(26-11-7-4-8-12-26)34-40-24-22-36-28-15-19-30(38-2)20-16-28/h3-20,31-36H,21-24H2,1-2H3. The lowest BCUT2D eigenvalue weighted by Gasteiger charge is -2.25. The van der Waals surface area contributed by atoms with Crippen molar-refractivity contribution < 1.29 is 23.5 Å².